The Balaban J connectivity index is 1.63. The number of hydrogen-bond donors (Lipinski definition) is 3. The first-order chi connectivity index (χ1) is 13.7. The molecular weight excluding hydrogens is 411 g/mol. The van der Waals surface area contributed by atoms with E-state index in [-0.39, 0.29) is 18.0 Å². The van der Waals surface area contributed by atoms with Crippen LogP contribution < -0.4 is 16.4 Å². The third kappa shape index (κ3) is 5.41. The van der Waals surface area contributed by atoms with E-state index in [2.05, 4.69) is 10.6 Å². The number of urea groups is 1. The monoisotopic (exact) mass is 434 g/mol. The van der Waals surface area contributed by atoms with Gasteiger partial charge < -0.3 is 21.3 Å². The van der Waals surface area contributed by atoms with E-state index in [1.807, 2.05) is 32.0 Å². The van der Waals surface area contributed by atoms with Crippen molar-refractivity contribution in [2.75, 3.05) is 5.32 Å². The molecule has 1 aliphatic rings. The van der Waals surface area contributed by atoms with Gasteiger partial charge in [0.15, 0.2) is 0 Å². The Kier molecular flexibility index (Phi) is 6.67. The van der Waals surface area contributed by atoms with Gasteiger partial charge in [0.2, 0.25) is 5.91 Å². The van der Waals surface area contributed by atoms with Crippen LogP contribution in [-0.4, -0.2) is 28.9 Å². The van der Waals surface area contributed by atoms with Crippen molar-refractivity contribution in [2.24, 2.45) is 5.73 Å². The molecule has 1 unspecified atom stereocenters. The lowest BCUT2D eigenvalue weighted by atomic mass is 10.1. The van der Waals surface area contributed by atoms with Gasteiger partial charge in [0, 0.05) is 34.9 Å². The van der Waals surface area contributed by atoms with Crippen molar-refractivity contribution in [3.63, 3.8) is 0 Å². The molecule has 3 amide bonds. The van der Waals surface area contributed by atoms with E-state index in [1.165, 1.54) is 0 Å². The van der Waals surface area contributed by atoms with E-state index in [1.54, 1.807) is 23.1 Å². The van der Waals surface area contributed by atoms with Crippen molar-refractivity contribution >= 4 is 40.8 Å². The molecule has 0 saturated heterocycles. The van der Waals surface area contributed by atoms with Crippen LogP contribution in [0.3, 0.4) is 0 Å². The number of hydrogen-bond acceptors (Lipinski definition) is 3. The summed E-state index contributed by atoms with van der Waals surface area (Å²) in [4.78, 5) is 26.4. The lowest BCUT2D eigenvalue weighted by molar-refractivity contribution is -0.133. The molecule has 6 nitrogen and oxygen atoms in total. The molecule has 0 spiro atoms. The van der Waals surface area contributed by atoms with E-state index in [9.17, 15) is 9.59 Å². The third-order valence-corrected chi connectivity index (χ3v) is 5.28. The second-order valence-corrected chi connectivity index (χ2v) is 8.32. The fourth-order valence-corrected chi connectivity index (χ4v) is 3.79. The highest BCUT2D eigenvalue weighted by atomic mass is 35.5. The van der Waals surface area contributed by atoms with Gasteiger partial charge in [-0.05, 0) is 61.2 Å². The predicted octanol–water partition coefficient (Wildman–Crippen LogP) is 3.94. The Morgan fingerprint density at radius 1 is 1.10 bits per heavy atom. The fourth-order valence-electron chi connectivity index (χ4n) is 3.30. The second-order valence-electron chi connectivity index (χ2n) is 7.48. The molecule has 1 heterocycles. The normalized spacial score (nSPS) is 13.9. The second kappa shape index (κ2) is 9.03. The molecule has 4 N–H and O–H groups in total. The molecule has 2 aromatic carbocycles. The molecule has 8 heteroatoms. The highest BCUT2D eigenvalue weighted by Gasteiger charge is 2.28. The number of halogens is 2. The highest BCUT2D eigenvalue weighted by molar-refractivity contribution is 6.35. The zero-order valence-electron chi connectivity index (χ0n) is 16.3. The molecule has 0 fully saturated rings. The molecule has 154 valence electrons. The average molecular weight is 435 g/mol. The number of nitrogens with zero attached hydrogens (tertiary/aromatic N) is 1. The van der Waals surface area contributed by atoms with Crippen LogP contribution in [0, 0.1) is 0 Å². The Bertz CT molecular complexity index is 933. The van der Waals surface area contributed by atoms with Gasteiger partial charge >= 0.3 is 6.03 Å². The van der Waals surface area contributed by atoms with Crippen molar-refractivity contribution < 1.29 is 9.59 Å². The van der Waals surface area contributed by atoms with Crippen LogP contribution in [0.25, 0.3) is 0 Å². The van der Waals surface area contributed by atoms with Crippen LogP contribution in [-0.2, 0) is 24.3 Å². The lowest BCUT2D eigenvalue weighted by Gasteiger charge is -2.20. The minimum absolute atomic E-state index is 0.0492. The van der Waals surface area contributed by atoms with E-state index in [4.69, 9.17) is 28.9 Å². The summed E-state index contributed by atoms with van der Waals surface area (Å²) in [6.45, 7) is 4.74. The number of fused-ring (bicyclic) bond motifs is 1. The number of carbonyl (C=O) groups is 2. The summed E-state index contributed by atoms with van der Waals surface area (Å²) < 4.78 is 0. The maximum Gasteiger partial charge on any atom is 0.319 e. The molecular formula is C21H24Cl2N4O2. The number of nitrogens with two attached hydrogens (primary N) is 1. The first-order valence-electron chi connectivity index (χ1n) is 9.40. The largest absolute Gasteiger partial charge is 0.336 e. The SMILES string of the molecule is CC(C)NC(=O)Nc1ccc2c(c1)CN(C(=O)C(N)Cc1ccc(Cl)cc1Cl)C2. The summed E-state index contributed by atoms with van der Waals surface area (Å²) in [6.07, 6.45) is 0.337. The van der Waals surface area contributed by atoms with Crippen LogP contribution in [0.5, 0.6) is 0 Å². The molecule has 2 aromatic rings. The fraction of sp³-hybridized carbons (Fsp3) is 0.333. The molecule has 0 bridgehead atoms. The summed E-state index contributed by atoms with van der Waals surface area (Å²) in [5.74, 6) is -0.140. The lowest BCUT2D eigenvalue weighted by Crippen LogP contribution is -2.42. The molecule has 1 atom stereocenters. The number of benzene rings is 2. The summed E-state index contributed by atoms with van der Waals surface area (Å²) in [5.41, 5.74) is 9.69. The van der Waals surface area contributed by atoms with E-state index < -0.39 is 6.04 Å². The van der Waals surface area contributed by atoms with Gasteiger partial charge in [-0.2, -0.15) is 0 Å². The summed E-state index contributed by atoms with van der Waals surface area (Å²) >= 11 is 12.1. The standard InChI is InChI=1S/C21H24Cl2N4O2/c1-12(2)25-21(29)26-17-6-4-14-10-27(11-15(14)7-17)20(28)19(24)8-13-3-5-16(22)9-18(13)23/h3-7,9,12,19H,8,10-11,24H2,1-2H3,(H2,25,26,29). The quantitative estimate of drug-likeness (QED) is 0.665. The Labute approximate surface area is 180 Å². The maximum absolute atomic E-state index is 12.8. The van der Waals surface area contributed by atoms with Gasteiger partial charge in [-0.15, -0.1) is 0 Å². The smallest absolute Gasteiger partial charge is 0.319 e. The van der Waals surface area contributed by atoms with Gasteiger partial charge in [-0.3, -0.25) is 4.79 Å². The molecule has 0 aliphatic carbocycles. The Morgan fingerprint density at radius 2 is 1.83 bits per heavy atom. The van der Waals surface area contributed by atoms with Crippen molar-refractivity contribution in [2.45, 2.75) is 45.4 Å². The molecule has 29 heavy (non-hydrogen) atoms. The number of amides is 3. The van der Waals surface area contributed by atoms with Gasteiger partial charge in [-0.1, -0.05) is 35.3 Å². The van der Waals surface area contributed by atoms with Crippen LogP contribution in [0.1, 0.15) is 30.5 Å². The average Bonchev–Trinajstić information content (AvgIpc) is 3.05. The van der Waals surface area contributed by atoms with Crippen LogP contribution >= 0.6 is 23.2 Å². The molecule has 0 saturated carbocycles. The molecule has 0 aromatic heterocycles. The number of carbonyl (C=O) groups excluding carboxylic acids is 2. The van der Waals surface area contributed by atoms with Crippen molar-refractivity contribution in [3.05, 3.63) is 63.1 Å². The zero-order valence-corrected chi connectivity index (χ0v) is 17.8. The van der Waals surface area contributed by atoms with E-state index in [0.717, 1.165) is 16.7 Å². The highest BCUT2D eigenvalue weighted by Crippen LogP contribution is 2.27. The van der Waals surface area contributed by atoms with Crippen molar-refractivity contribution in [3.8, 4) is 0 Å². The van der Waals surface area contributed by atoms with Crippen molar-refractivity contribution in [1.82, 2.24) is 10.2 Å². The third-order valence-electron chi connectivity index (χ3n) is 4.69. The predicted molar refractivity (Wildman–Crippen MR) is 116 cm³/mol. The van der Waals surface area contributed by atoms with Crippen LogP contribution in [0.4, 0.5) is 10.5 Å². The number of rotatable bonds is 5. The van der Waals surface area contributed by atoms with E-state index >= 15 is 0 Å². The molecule has 3 rings (SSSR count). The topological polar surface area (TPSA) is 87.5 Å². The summed E-state index contributed by atoms with van der Waals surface area (Å²) in [7, 11) is 0. The number of anilines is 1. The summed E-state index contributed by atoms with van der Waals surface area (Å²) in [6, 6.07) is 9.91. The van der Waals surface area contributed by atoms with Gasteiger partial charge in [0.05, 0.1) is 6.04 Å². The first-order valence-corrected chi connectivity index (χ1v) is 10.2. The minimum Gasteiger partial charge on any atom is -0.336 e. The van der Waals surface area contributed by atoms with Crippen LogP contribution in [0.15, 0.2) is 36.4 Å². The molecule has 0 radical (unpaired) electrons. The Morgan fingerprint density at radius 3 is 2.52 bits per heavy atom. The maximum atomic E-state index is 12.8. The summed E-state index contributed by atoms with van der Waals surface area (Å²) in [5, 5.41) is 6.63. The van der Waals surface area contributed by atoms with Crippen LogP contribution in [0.2, 0.25) is 10.0 Å². The Hall–Kier alpha value is -2.28. The first kappa shape index (κ1) is 21.4. The zero-order chi connectivity index (χ0) is 21.1. The number of nitrogens with one attached hydrogen (secondary N) is 2. The van der Waals surface area contributed by atoms with Crippen molar-refractivity contribution in [1.29, 1.82) is 0 Å². The van der Waals surface area contributed by atoms with Gasteiger partial charge in [0.25, 0.3) is 0 Å². The van der Waals surface area contributed by atoms with Gasteiger partial charge in [-0.25, -0.2) is 4.79 Å². The van der Waals surface area contributed by atoms with E-state index in [0.29, 0.717) is 35.2 Å². The molecule has 1 aliphatic heterocycles. The van der Waals surface area contributed by atoms with Gasteiger partial charge in [0.1, 0.15) is 0 Å². The minimum atomic E-state index is -0.697.